The van der Waals surface area contributed by atoms with Gasteiger partial charge in [-0.05, 0) is 25.5 Å². The van der Waals surface area contributed by atoms with Crippen LogP contribution in [0.3, 0.4) is 0 Å². The van der Waals surface area contributed by atoms with E-state index in [1.165, 1.54) is 6.07 Å². The molecule has 24 heavy (non-hydrogen) atoms. The number of anilines is 1. The Balaban J connectivity index is 1.67. The second kappa shape index (κ2) is 7.57. The first kappa shape index (κ1) is 16.6. The molecule has 1 atom stereocenters. The molecule has 1 aromatic heterocycles. The van der Waals surface area contributed by atoms with Crippen LogP contribution in [-0.2, 0) is 6.54 Å². The third kappa shape index (κ3) is 3.82. The lowest BCUT2D eigenvalue weighted by atomic mass is 10.0. The molecule has 0 bridgehead atoms. The lowest BCUT2D eigenvalue weighted by Crippen LogP contribution is -2.46. The summed E-state index contributed by atoms with van der Waals surface area (Å²) >= 11 is 0. The summed E-state index contributed by atoms with van der Waals surface area (Å²) in [5.41, 5.74) is 0.749. The van der Waals surface area contributed by atoms with Gasteiger partial charge in [0.2, 0.25) is 11.8 Å². The highest BCUT2D eigenvalue weighted by atomic mass is 19.1. The van der Waals surface area contributed by atoms with Gasteiger partial charge in [0.05, 0.1) is 7.11 Å². The zero-order chi connectivity index (χ0) is 16.9. The van der Waals surface area contributed by atoms with Crippen LogP contribution in [0.5, 0.6) is 5.88 Å². The molecule has 1 aromatic carbocycles. The van der Waals surface area contributed by atoms with E-state index in [1.807, 2.05) is 19.2 Å². The van der Waals surface area contributed by atoms with Crippen molar-refractivity contribution in [2.45, 2.75) is 25.4 Å². The zero-order valence-electron chi connectivity index (χ0n) is 14.2. The minimum absolute atomic E-state index is 0.135. The largest absolute Gasteiger partial charge is 0.481 e. The molecule has 0 spiro atoms. The van der Waals surface area contributed by atoms with Crippen molar-refractivity contribution < 1.29 is 9.13 Å². The summed E-state index contributed by atoms with van der Waals surface area (Å²) < 4.78 is 19.1. The zero-order valence-corrected chi connectivity index (χ0v) is 14.2. The first-order chi connectivity index (χ1) is 11.7. The van der Waals surface area contributed by atoms with Gasteiger partial charge in [0.25, 0.3) is 0 Å². The fraction of sp³-hybridized carbons (Fsp3) is 0.444. The van der Waals surface area contributed by atoms with Crippen molar-refractivity contribution in [1.82, 2.24) is 14.9 Å². The minimum atomic E-state index is -0.135. The molecular weight excluding hydrogens is 307 g/mol. The van der Waals surface area contributed by atoms with Crippen molar-refractivity contribution in [2.24, 2.45) is 0 Å². The maximum atomic E-state index is 13.9. The third-order valence-electron chi connectivity index (χ3n) is 4.52. The van der Waals surface area contributed by atoms with Crippen molar-refractivity contribution in [3.8, 4) is 5.88 Å². The number of likely N-dealkylation sites (N-methyl/N-ethyl adjacent to an activating group) is 1. The average molecular weight is 330 g/mol. The fourth-order valence-corrected chi connectivity index (χ4v) is 3.14. The fourth-order valence-electron chi connectivity index (χ4n) is 3.14. The van der Waals surface area contributed by atoms with Crippen LogP contribution >= 0.6 is 0 Å². The molecule has 2 aromatic rings. The number of benzene rings is 1. The van der Waals surface area contributed by atoms with Crippen molar-refractivity contribution in [3.05, 3.63) is 47.9 Å². The summed E-state index contributed by atoms with van der Waals surface area (Å²) in [4.78, 5) is 13.1. The van der Waals surface area contributed by atoms with E-state index >= 15 is 0 Å². The van der Waals surface area contributed by atoms with Gasteiger partial charge in [0.15, 0.2) is 0 Å². The highest BCUT2D eigenvalue weighted by Crippen LogP contribution is 2.21. The predicted octanol–water partition coefficient (Wildman–Crippen LogP) is 2.73. The molecular formula is C18H23FN4O. The van der Waals surface area contributed by atoms with E-state index in [9.17, 15) is 4.39 Å². The van der Waals surface area contributed by atoms with Crippen LogP contribution < -0.4 is 9.64 Å². The highest BCUT2D eigenvalue weighted by molar-refractivity contribution is 5.32. The number of likely N-dealkylation sites (tertiary alicyclic amines) is 1. The van der Waals surface area contributed by atoms with Gasteiger partial charge in [-0.25, -0.2) is 9.37 Å². The van der Waals surface area contributed by atoms with Crippen LogP contribution in [0.25, 0.3) is 0 Å². The summed E-state index contributed by atoms with van der Waals surface area (Å²) in [5, 5.41) is 0. The molecule has 1 saturated heterocycles. The molecule has 1 fully saturated rings. The molecule has 1 unspecified atom stereocenters. The van der Waals surface area contributed by atoms with Crippen molar-refractivity contribution in [2.75, 3.05) is 32.1 Å². The van der Waals surface area contributed by atoms with Gasteiger partial charge in [0.1, 0.15) is 5.82 Å². The Morgan fingerprint density at radius 1 is 1.33 bits per heavy atom. The van der Waals surface area contributed by atoms with E-state index in [-0.39, 0.29) is 5.82 Å². The Morgan fingerprint density at radius 3 is 2.96 bits per heavy atom. The number of halogens is 1. The number of rotatable bonds is 5. The van der Waals surface area contributed by atoms with Gasteiger partial charge in [-0.3, -0.25) is 4.90 Å². The first-order valence-corrected chi connectivity index (χ1v) is 8.23. The molecule has 2 heterocycles. The molecule has 0 radical (unpaired) electrons. The lowest BCUT2D eigenvalue weighted by Gasteiger charge is -2.37. The molecule has 0 aliphatic carbocycles. The molecule has 3 rings (SSSR count). The van der Waals surface area contributed by atoms with E-state index in [0.717, 1.165) is 31.5 Å². The highest BCUT2D eigenvalue weighted by Gasteiger charge is 2.25. The molecule has 1 aliphatic rings. The Hall–Kier alpha value is -2.21. The SMILES string of the molecule is COc1ccnc(N(C)C2CCCN(Cc3ccccc3F)C2)n1. The minimum Gasteiger partial charge on any atom is -0.481 e. The van der Waals surface area contributed by atoms with Crippen LogP contribution in [-0.4, -0.2) is 48.2 Å². The summed E-state index contributed by atoms with van der Waals surface area (Å²) in [6.45, 7) is 2.49. The van der Waals surface area contributed by atoms with Gasteiger partial charge in [-0.15, -0.1) is 0 Å². The summed E-state index contributed by atoms with van der Waals surface area (Å²) in [5.74, 6) is 1.09. The number of nitrogens with zero attached hydrogens (tertiary/aromatic N) is 4. The molecule has 0 amide bonds. The second-order valence-corrected chi connectivity index (χ2v) is 6.13. The number of hydrogen-bond donors (Lipinski definition) is 0. The maximum absolute atomic E-state index is 13.9. The van der Waals surface area contributed by atoms with Crippen LogP contribution in [0.15, 0.2) is 36.5 Å². The molecule has 0 N–H and O–H groups in total. The van der Waals surface area contributed by atoms with Gasteiger partial charge >= 0.3 is 0 Å². The molecule has 5 nitrogen and oxygen atoms in total. The molecule has 1 aliphatic heterocycles. The summed E-state index contributed by atoms with van der Waals surface area (Å²) in [7, 11) is 3.61. The van der Waals surface area contributed by atoms with Crippen molar-refractivity contribution >= 4 is 5.95 Å². The van der Waals surface area contributed by atoms with E-state index in [1.54, 1.807) is 25.4 Å². The van der Waals surface area contributed by atoms with Crippen molar-refractivity contribution in [1.29, 1.82) is 0 Å². The monoisotopic (exact) mass is 330 g/mol. The van der Waals surface area contributed by atoms with Crippen LogP contribution in [0, 0.1) is 5.82 Å². The van der Waals surface area contributed by atoms with Crippen molar-refractivity contribution in [3.63, 3.8) is 0 Å². The smallest absolute Gasteiger partial charge is 0.228 e. The summed E-state index contributed by atoms with van der Waals surface area (Å²) in [6.07, 6.45) is 3.86. The maximum Gasteiger partial charge on any atom is 0.228 e. The average Bonchev–Trinajstić information content (AvgIpc) is 2.63. The number of methoxy groups -OCH3 is 1. The van der Waals surface area contributed by atoms with Crippen LogP contribution in [0.2, 0.25) is 0 Å². The van der Waals surface area contributed by atoms with Gasteiger partial charge in [-0.1, -0.05) is 18.2 Å². The second-order valence-electron chi connectivity index (χ2n) is 6.13. The Bertz CT molecular complexity index is 682. The van der Waals surface area contributed by atoms with E-state index in [2.05, 4.69) is 19.8 Å². The van der Waals surface area contributed by atoms with Crippen LogP contribution in [0.1, 0.15) is 18.4 Å². The molecule has 128 valence electrons. The van der Waals surface area contributed by atoms with Crippen LogP contribution in [0.4, 0.5) is 10.3 Å². The predicted molar refractivity (Wildman–Crippen MR) is 91.7 cm³/mol. The summed E-state index contributed by atoms with van der Waals surface area (Å²) in [6, 6.07) is 9.03. The first-order valence-electron chi connectivity index (χ1n) is 8.23. The normalized spacial score (nSPS) is 18.4. The topological polar surface area (TPSA) is 41.5 Å². The Morgan fingerprint density at radius 2 is 2.17 bits per heavy atom. The van der Waals surface area contributed by atoms with Gasteiger partial charge in [-0.2, -0.15) is 4.98 Å². The number of piperidine rings is 1. The molecule has 0 saturated carbocycles. The Kier molecular flexibility index (Phi) is 5.25. The van der Waals surface area contributed by atoms with E-state index in [4.69, 9.17) is 4.74 Å². The van der Waals surface area contributed by atoms with E-state index in [0.29, 0.717) is 24.4 Å². The number of hydrogen-bond acceptors (Lipinski definition) is 5. The number of aromatic nitrogens is 2. The quantitative estimate of drug-likeness (QED) is 0.843. The Labute approximate surface area is 142 Å². The lowest BCUT2D eigenvalue weighted by molar-refractivity contribution is 0.196. The number of ether oxygens (including phenoxy) is 1. The third-order valence-corrected chi connectivity index (χ3v) is 4.52. The van der Waals surface area contributed by atoms with Gasteiger partial charge in [0, 0.05) is 44.0 Å². The van der Waals surface area contributed by atoms with E-state index < -0.39 is 0 Å². The standard InChI is InChI=1S/C18H23FN4O/c1-22(18-20-10-9-17(21-18)24-2)15-7-5-11-23(13-15)12-14-6-3-4-8-16(14)19/h3-4,6,8-10,15H,5,7,11-13H2,1-2H3. The molecule has 6 heteroatoms. The van der Waals surface area contributed by atoms with Gasteiger partial charge < -0.3 is 9.64 Å².